The lowest BCUT2D eigenvalue weighted by molar-refractivity contribution is -0.122. The van der Waals surface area contributed by atoms with Crippen LogP contribution in [0.4, 0.5) is 5.69 Å². The second-order valence-electron chi connectivity index (χ2n) is 6.28. The highest BCUT2D eigenvalue weighted by Crippen LogP contribution is 2.49. The Morgan fingerprint density at radius 2 is 2.14 bits per heavy atom. The molecule has 2 aliphatic carbocycles. The van der Waals surface area contributed by atoms with E-state index in [0.717, 1.165) is 17.5 Å². The van der Waals surface area contributed by atoms with Gasteiger partial charge in [-0.25, -0.2) is 0 Å². The molecule has 0 aromatic heterocycles. The number of amides is 1. The number of hydrogen-bond donors (Lipinski definition) is 3. The van der Waals surface area contributed by atoms with Gasteiger partial charge in [-0.2, -0.15) is 0 Å². The van der Waals surface area contributed by atoms with E-state index in [2.05, 4.69) is 16.2 Å². The standard InChI is InChI=1S/C16H20ClN3OS/c17-13-2-1-3-14(9-13)18-16(22)20-19-15(21)8-12-7-10-4-5-11(12)6-10/h1-3,9-12H,4-8H2,(H,19,21)(H2,18,20,22)/t10-,11-,12-/m1/s1. The lowest BCUT2D eigenvalue weighted by Crippen LogP contribution is -2.44. The molecular formula is C16H20ClN3OS. The number of benzene rings is 1. The molecule has 0 saturated heterocycles. The fourth-order valence-corrected chi connectivity index (χ4v) is 4.13. The number of halogens is 1. The zero-order valence-corrected chi connectivity index (χ0v) is 13.8. The molecule has 0 unspecified atom stereocenters. The van der Waals surface area contributed by atoms with Gasteiger partial charge in [0.05, 0.1) is 0 Å². The van der Waals surface area contributed by atoms with Crippen molar-refractivity contribution in [1.82, 2.24) is 10.9 Å². The molecule has 1 aromatic rings. The van der Waals surface area contributed by atoms with Gasteiger partial charge in [-0.1, -0.05) is 24.1 Å². The van der Waals surface area contributed by atoms with E-state index in [1.807, 2.05) is 12.1 Å². The summed E-state index contributed by atoms with van der Waals surface area (Å²) in [6, 6.07) is 7.25. The van der Waals surface area contributed by atoms with Crippen molar-refractivity contribution < 1.29 is 4.79 Å². The second kappa shape index (κ2) is 6.84. The monoisotopic (exact) mass is 337 g/mol. The van der Waals surface area contributed by atoms with Crippen molar-refractivity contribution in [2.75, 3.05) is 5.32 Å². The first-order valence-corrected chi connectivity index (χ1v) is 8.50. The van der Waals surface area contributed by atoms with Crippen LogP contribution >= 0.6 is 23.8 Å². The van der Waals surface area contributed by atoms with E-state index >= 15 is 0 Å². The van der Waals surface area contributed by atoms with E-state index in [-0.39, 0.29) is 5.91 Å². The molecule has 2 bridgehead atoms. The molecule has 1 amide bonds. The van der Waals surface area contributed by atoms with Crippen molar-refractivity contribution in [3.8, 4) is 0 Å². The molecule has 0 radical (unpaired) electrons. The Morgan fingerprint density at radius 1 is 1.27 bits per heavy atom. The molecule has 2 aliphatic rings. The smallest absolute Gasteiger partial charge is 0.238 e. The van der Waals surface area contributed by atoms with E-state index in [1.54, 1.807) is 12.1 Å². The summed E-state index contributed by atoms with van der Waals surface area (Å²) in [7, 11) is 0. The van der Waals surface area contributed by atoms with Gasteiger partial charge >= 0.3 is 0 Å². The van der Waals surface area contributed by atoms with E-state index in [0.29, 0.717) is 22.5 Å². The maximum Gasteiger partial charge on any atom is 0.238 e. The van der Waals surface area contributed by atoms with Crippen LogP contribution in [0.2, 0.25) is 5.02 Å². The van der Waals surface area contributed by atoms with Crippen LogP contribution in [0.3, 0.4) is 0 Å². The Labute approximate surface area is 141 Å². The molecular weight excluding hydrogens is 318 g/mol. The summed E-state index contributed by atoms with van der Waals surface area (Å²) in [5.74, 6) is 2.18. The fourth-order valence-electron chi connectivity index (χ4n) is 3.77. The molecule has 3 N–H and O–H groups in total. The third-order valence-corrected chi connectivity index (χ3v) is 5.17. The molecule has 4 nitrogen and oxygen atoms in total. The van der Waals surface area contributed by atoms with Crippen molar-refractivity contribution >= 4 is 40.5 Å². The summed E-state index contributed by atoms with van der Waals surface area (Å²) in [5.41, 5.74) is 6.21. The van der Waals surface area contributed by atoms with Gasteiger partial charge in [0.25, 0.3) is 0 Å². The van der Waals surface area contributed by atoms with Crippen molar-refractivity contribution in [1.29, 1.82) is 0 Å². The quantitative estimate of drug-likeness (QED) is 0.584. The predicted octanol–water partition coefficient (Wildman–Crippen LogP) is 3.48. The summed E-state index contributed by atoms with van der Waals surface area (Å²) in [4.78, 5) is 12.0. The number of anilines is 1. The van der Waals surface area contributed by atoms with Gasteiger partial charge in [0, 0.05) is 17.1 Å². The molecule has 22 heavy (non-hydrogen) atoms. The van der Waals surface area contributed by atoms with Crippen molar-refractivity contribution in [2.24, 2.45) is 17.8 Å². The summed E-state index contributed by atoms with van der Waals surface area (Å²) in [5, 5.41) is 3.96. The summed E-state index contributed by atoms with van der Waals surface area (Å²) >= 11 is 11.1. The van der Waals surface area contributed by atoms with Crippen molar-refractivity contribution in [3.05, 3.63) is 29.3 Å². The molecule has 2 fully saturated rings. The van der Waals surface area contributed by atoms with Crippen LogP contribution in [0, 0.1) is 17.8 Å². The van der Waals surface area contributed by atoms with Gasteiger partial charge in [0.15, 0.2) is 5.11 Å². The Balaban J connectivity index is 1.40. The van der Waals surface area contributed by atoms with Crippen LogP contribution in [0.15, 0.2) is 24.3 Å². The predicted molar refractivity (Wildman–Crippen MR) is 92.5 cm³/mol. The maximum absolute atomic E-state index is 12.0. The zero-order valence-electron chi connectivity index (χ0n) is 12.3. The molecule has 0 spiro atoms. The number of fused-ring (bicyclic) bond motifs is 2. The van der Waals surface area contributed by atoms with E-state index < -0.39 is 0 Å². The molecule has 3 atom stereocenters. The Morgan fingerprint density at radius 3 is 2.82 bits per heavy atom. The number of hydrazine groups is 1. The van der Waals surface area contributed by atoms with Crippen LogP contribution in [0.25, 0.3) is 0 Å². The highest BCUT2D eigenvalue weighted by atomic mass is 35.5. The van der Waals surface area contributed by atoms with Crippen molar-refractivity contribution in [2.45, 2.75) is 32.1 Å². The molecule has 2 saturated carbocycles. The fraction of sp³-hybridized carbons (Fsp3) is 0.500. The largest absolute Gasteiger partial charge is 0.331 e. The lowest BCUT2D eigenvalue weighted by atomic mass is 9.86. The van der Waals surface area contributed by atoms with Gasteiger partial charge < -0.3 is 5.32 Å². The minimum Gasteiger partial charge on any atom is -0.331 e. The van der Waals surface area contributed by atoms with Crippen LogP contribution in [0.5, 0.6) is 0 Å². The zero-order chi connectivity index (χ0) is 15.5. The Hall–Kier alpha value is -1.33. The number of carbonyl (C=O) groups excluding carboxylic acids is 1. The highest BCUT2D eigenvalue weighted by molar-refractivity contribution is 7.80. The normalized spacial score (nSPS) is 25.8. The molecule has 0 heterocycles. The number of carbonyl (C=O) groups is 1. The summed E-state index contributed by atoms with van der Waals surface area (Å²) in [6.45, 7) is 0. The molecule has 3 rings (SSSR count). The Kier molecular flexibility index (Phi) is 4.84. The third-order valence-electron chi connectivity index (χ3n) is 4.73. The second-order valence-corrected chi connectivity index (χ2v) is 7.12. The molecule has 118 valence electrons. The maximum atomic E-state index is 12.0. The van der Waals surface area contributed by atoms with Gasteiger partial charge in [-0.3, -0.25) is 15.6 Å². The minimum atomic E-state index is 0.00722. The minimum absolute atomic E-state index is 0.00722. The first-order valence-electron chi connectivity index (χ1n) is 7.71. The SMILES string of the molecule is O=C(C[C@H]1C[C@@H]2CC[C@@H]1C2)NNC(=S)Nc1cccc(Cl)c1. The summed E-state index contributed by atoms with van der Waals surface area (Å²) in [6.07, 6.45) is 5.77. The van der Waals surface area contributed by atoms with Gasteiger partial charge in [0.2, 0.25) is 5.91 Å². The lowest BCUT2D eigenvalue weighted by Gasteiger charge is -2.21. The number of nitrogens with one attached hydrogen (secondary N) is 3. The molecule has 6 heteroatoms. The van der Waals surface area contributed by atoms with Gasteiger partial charge in [-0.05, 0) is 67.4 Å². The van der Waals surface area contributed by atoms with E-state index in [1.165, 1.54) is 25.7 Å². The number of rotatable bonds is 3. The highest BCUT2D eigenvalue weighted by Gasteiger charge is 2.40. The Bertz CT molecular complexity index is 580. The van der Waals surface area contributed by atoms with Gasteiger partial charge in [-0.15, -0.1) is 0 Å². The third kappa shape index (κ3) is 3.90. The average Bonchev–Trinajstić information content (AvgIpc) is 3.08. The van der Waals surface area contributed by atoms with E-state index in [9.17, 15) is 4.79 Å². The van der Waals surface area contributed by atoms with Crippen LogP contribution < -0.4 is 16.2 Å². The van der Waals surface area contributed by atoms with Crippen LogP contribution in [-0.2, 0) is 4.79 Å². The molecule has 1 aromatic carbocycles. The number of hydrogen-bond acceptors (Lipinski definition) is 2. The molecule has 0 aliphatic heterocycles. The first kappa shape index (κ1) is 15.6. The van der Waals surface area contributed by atoms with Crippen LogP contribution in [0.1, 0.15) is 32.1 Å². The van der Waals surface area contributed by atoms with E-state index in [4.69, 9.17) is 23.8 Å². The first-order chi connectivity index (χ1) is 10.6. The van der Waals surface area contributed by atoms with Crippen LogP contribution in [-0.4, -0.2) is 11.0 Å². The topological polar surface area (TPSA) is 53.2 Å². The van der Waals surface area contributed by atoms with Gasteiger partial charge in [0.1, 0.15) is 0 Å². The van der Waals surface area contributed by atoms with Crippen molar-refractivity contribution in [3.63, 3.8) is 0 Å². The average molecular weight is 338 g/mol. The number of thiocarbonyl (C=S) groups is 1. The summed E-state index contributed by atoms with van der Waals surface area (Å²) < 4.78 is 0.